The first-order valence-electron chi connectivity index (χ1n) is 9.96. The van der Waals surface area contributed by atoms with Gasteiger partial charge in [-0.25, -0.2) is 9.97 Å². The molecule has 0 spiro atoms. The molecule has 1 aromatic carbocycles. The fourth-order valence-corrected chi connectivity index (χ4v) is 3.49. The summed E-state index contributed by atoms with van der Waals surface area (Å²) in [6, 6.07) is 9.92. The van der Waals surface area contributed by atoms with Gasteiger partial charge >= 0.3 is 0 Å². The van der Waals surface area contributed by atoms with Crippen LogP contribution in [0.2, 0.25) is 0 Å². The zero-order valence-electron chi connectivity index (χ0n) is 17.7. The number of aromatic nitrogens is 3. The lowest BCUT2D eigenvalue weighted by Gasteiger charge is -2.16. The van der Waals surface area contributed by atoms with Crippen LogP contribution in [0, 0.1) is 19.3 Å². The van der Waals surface area contributed by atoms with Gasteiger partial charge in [0.1, 0.15) is 17.2 Å². The number of hydrogen-bond acceptors (Lipinski definition) is 7. The van der Waals surface area contributed by atoms with Gasteiger partial charge in [0.25, 0.3) is 0 Å². The molecule has 7 nitrogen and oxygen atoms in total. The van der Waals surface area contributed by atoms with Crippen molar-refractivity contribution in [3.63, 3.8) is 0 Å². The fraction of sp³-hybridized carbons (Fsp3) is 0.167. The zero-order chi connectivity index (χ0) is 22.0. The van der Waals surface area contributed by atoms with Crippen LogP contribution in [0.25, 0.3) is 27.8 Å². The highest BCUT2D eigenvalue weighted by Gasteiger charge is 2.12. The number of nitrogens with zero attached hydrogens (tertiary/aromatic N) is 3. The number of hydrogen-bond donors (Lipinski definition) is 3. The molecule has 0 amide bonds. The average molecular weight is 412 g/mol. The van der Waals surface area contributed by atoms with Crippen molar-refractivity contribution < 1.29 is 4.42 Å². The van der Waals surface area contributed by atoms with Gasteiger partial charge in [0.15, 0.2) is 0 Å². The van der Waals surface area contributed by atoms with Gasteiger partial charge in [-0.2, -0.15) is 0 Å². The molecule has 0 aliphatic carbocycles. The molecule has 31 heavy (non-hydrogen) atoms. The van der Waals surface area contributed by atoms with Crippen LogP contribution in [-0.2, 0) is 0 Å². The summed E-state index contributed by atoms with van der Waals surface area (Å²) in [4.78, 5) is 13.5. The minimum atomic E-state index is -0.0574. The highest BCUT2D eigenvalue weighted by molar-refractivity contribution is 6.08. The number of anilines is 1. The number of nitrogens with one attached hydrogen (secondary N) is 2. The predicted octanol–water partition coefficient (Wildman–Crippen LogP) is 5.02. The maximum absolute atomic E-state index is 7.50. The van der Waals surface area contributed by atoms with Gasteiger partial charge in [0.2, 0.25) is 0 Å². The normalized spacial score (nSPS) is 12.7. The van der Waals surface area contributed by atoms with E-state index in [1.54, 1.807) is 18.7 Å². The SMILES string of the molecule is Cc1nc(N[C@@H](C)c2cncc(/C(C=N)=C/N)c2)cc(-c2ccc3occ(C)c3c2)n1. The summed E-state index contributed by atoms with van der Waals surface area (Å²) in [6.07, 6.45) is 7.88. The predicted molar refractivity (Wildman–Crippen MR) is 124 cm³/mol. The van der Waals surface area contributed by atoms with E-state index in [0.29, 0.717) is 11.4 Å². The van der Waals surface area contributed by atoms with Crippen LogP contribution >= 0.6 is 0 Å². The monoisotopic (exact) mass is 412 g/mol. The van der Waals surface area contributed by atoms with Crippen LogP contribution < -0.4 is 11.1 Å². The molecule has 0 aliphatic heterocycles. The Bertz CT molecular complexity index is 1290. The Morgan fingerprint density at radius 3 is 2.77 bits per heavy atom. The Labute approximate surface area is 180 Å². The molecule has 7 heteroatoms. The summed E-state index contributed by atoms with van der Waals surface area (Å²) in [6.45, 7) is 5.95. The van der Waals surface area contributed by atoms with Crippen LogP contribution in [0.4, 0.5) is 5.82 Å². The first kappa shape index (κ1) is 20.3. The minimum absolute atomic E-state index is 0.0574. The Kier molecular flexibility index (Phi) is 5.49. The molecule has 0 saturated carbocycles. The van der Waals surface area contributed by atoms with E-state index in [1.165, 1.54) is 12.4 Å². The van der Waals surface area contributed by atoms with Crippen molar-refractivity contribution in [1.29, 1.82) is 5.41 Å². The van der Waals surface area contributed by atoms with Gasteiger partial charge in [-0.1, -0.05) is 0 Å². The number of aryl methyl sites for hydroxylation is 2. The van der Waals surface area contributed by atoms with Crippen molar-refractivity contribution in [3.05, 3.63) is 77.7 Å². The van der Waals surface area contributed by atoms with Crippen molar-refractivity contribution in [2.45, 2.75) is 26.8 Å². The van der Waals surface area contributed by atoms with Gasteiger partial charge in [-0.3, -0.25) is 4.98 Å². The van der Waals surface area contributed by atoms with Crippen LogP contribution in [0.3, 0.4) is 0 Å². The van der Waals surface area contributed by atoms with E-state index in [4.69, 9.17) is 15.6 Å². The maximum Gasteiger partial charge on any atom is 0.134 e. The van der Waals surface area contributed by atoms with Crippen LogP contribution in [0.5, 0.6) is 0 Å². The number of pyridine rings is 1. The first-order valence-corrected chi connectivity index (χ1v) is 9.96. The number of fused-ring (bicyclic) bond motifs is 1. The number of furan rings is 1. The summed E-state index contributed by atoms with van der Waals surface area (Å²) in [5.74, 6) is 1.41. The lowest BCUT2D eigenvalue weighted by molar-refractivity contribution is 0.613. The van der Waals surface area contributed by atoms with Crippen LogP contribution in [0.15, 0.2) is 59.6 Å². The summed E-state index contributed by atoms with van der Waals surface area (Å²) in [5, 5.41) is 12.0. The molecule has 156 valence electrons. The van der Waals surface area contributed by atoms with Crippen molar-refractivity contribution >= 4 is 28.6 Å². The molecular formula is C24H24N6O. The summed E-state index contributed by atoms with van der Waals surface area (Å²) < 4.78 is 5.55. The summed E-state index contributed by atoms with van der Waals surface area (Å²) >= 11 is 0. The lowest BCUT2D eigenvalue weighted by atomic mass is 10.0. The van der Waals surface area contributed by atoms with E-state index in [2.05, 4.69) is 26.3 Å². The molecule has 1 atom stereocenters. The largest absolute Gasteiger partial charge is 0.464 e. The highest BCUT2D eigenvalue weighted by Crippen LogP contribution is 2.28. The molecule has 0 aliphatic rings. The molecule has 0 bridgehead atoms. The molecule has 3 heterocycles. The van der Waals surface area contributed by atoms with E-state index in [9.17, 15) is 0 Å². The topological polar surface area (TPSA) is 114 Å². The maximum atomic E-state index is 7.50. The van der Waals surface area contributed by atoms with Gasteiger partial charge in [-0.05, 0) is 56.2 Å². The van der Waals surface area contributed by atoms with Crippen molar-refractivity contribution in [1.82, 2.24) is 15.0 Å². The molecule has 0 unspecified atom stereocenters. The molecule has 4 aromatic rings. The van der Waals surface area contributed by atoms with E-state index < -0.39 is 0 Å². The molecule has 0 saturated heterocycles. The smallest absolute Gasteiger partial charge is 0.134 e. The second kappa shape index (κ2) is 8.39. The Morgan fingerprint density at radius 1 is 1.16 bits per heavy atom. The fourth-order valence-electron chi connectivity index (χ4n) is 3.49. The number of benzene rings is 1. The first-order chi connectivity index (χ1) is 15.0. The number of allylic oxidation sites excluding steroid dienone is 1. The number of rotatable bonds is 6. The minimum Gasteiger partial charge on any atom is -0.464 e. The third-order valence-corrected chi connectivity index (χ3v) is 5.19. The van der Waals surface area contributed by atoms with Crippen molar-refractivity contribution in [2.24, 2.45) is 5.73 Å². The molecule has 3 aromatic heterocycles. The van der Waals surface area contributed by atoms with E-state index in [1.807, 2.05) is 45.0 Å². The lowest BCUT2D eigenvalue weighted by Crippen LogP contribution is -2.10. The molecule has 0 radical (unpaired) electrons. The van der Waals surface area contributed by atoms with Gasteiger partial charge in [0, 0.05) is 53.0 Å². The van der Waals surface area contributed by atoms with Crippen molar-refractivity contribution in [3.8, 4) is 11.3 Å². The molecular weight excluding hydrogens is 388 g/mol. The molecule has 0 fully saturated rings. The number of nitrogens with two attached hydrogens (primary N) is 1. The van der Waals surface area contributed by atoms with Gasteiger partial charge < -0.3 is 20.9 Å². The van der Waals surface area contributed by atoms with Gasteiger partial charge in [0.05, 0.1) is 18.0 Å². The Morgan fingerprint density at radius 2 is 2.00 bits per heavy atom. The van der Waals surface area contributed by atoms with Crippen molar-refractivity contribution in [2.75, 3.05) is 5.32 Å². The van der Waals surface area contributed by atoms with E-state index >= 15 is 0 Å². The second-order valence-electron chi connectivity index (χ2n) is 7.45. The standard InChI is InChI=1S/C24H24N6O/c1-14-13-31-23-5-4-17(7-21(14)23)22-8-24(30-16(3)29-22)28-15(2)18-6-19(12-27-11-18)20(9-25)10-26/h4-13,15,25H,26H2,1-3H3,(H,28,29,30)/b20-10+,25-9?/t15-/m0/s1. The highest BCUT2D eigenvalue weighted by atomic mass is 16.3. The van der Waals surface area contributed by atoms with Crippen LogP contribution in [0.1, 0.15) is 35.5 Å². The van der Waals surface area contributed by atoms with E-state index in [-0.39, 0.29) is 6.04 Å². The zero-order valence-corrected chi connectivity index (χ0v) is 17.7. The Balaban J connectivity index is 1.63. The third kappa shape index (κ3) is 4.16. The Hall–Kier alpha value is -4.00. The van der Waals surface area contributed by atoms with E-state index in [0.717, 1.165) is 44.7 Å². The third-order valence-electron chi connectivity index (χ3n) is 5.19. The second-order valence-corrected chi connectivity index (χ2v) is 7.45. The van der Waals surface area contributed by atoms with Crippen LogP contribution in [-0.4, -0.2) is 21.2 Å². The quantitative estimate of drug-likeness (QED) is 0.383. The average Bonchev–Trinajstić information content (AvgIpc) is 3.14. The molecule has 4 rings (SSSR count). The summed E-state index contributed by atoms with van der Waals surface area (Å²) in [5.41, 5.74) is 11.8. The molecule has 4 N–H and O–H groups in total. The van der Waals surface area contributed by atoms with Gasteiger partial charge in [-0.15, -0.1) is 0 Å². The summed E-state index contributed by atoms with van der Waals surface area (Å²) in [7, 11) is 0.